The summed E-state index contributed by atoms with van der Waals surface area (Å²) in [5.41, 5.74) is -0.101. The van der Waals surface area contributed by atoms with Crippen molar-refractivity contribution in [2.45, 2.75) is 51.7 Å². The van der Waals surface area contributed by atoms with Gasteiger partial charge in [-0.2, -0.15) is 4.39 Å². The number of nitrogens with zero attached hydrogens (tertiary/aromatic N) is 4. The third-order valence-electron chi connectivity index (χ3n) is 6.32. The molecule has 3 N–H and O–H groups in total. The van der Waals surface area contributed by atoms with E-state index >= 15 is 4.39 Å². The van der Waals surface area contributed by atoms with E-state index in [2.05, 4.69) is 29.1 Å². The second-order valence-corrected chi connectivity index (χ2v) is 9.10. The van der Waals surface area contributed by atoms with Crippen molar-refractivity contribution < 1.29 is 24.1 Å². The van der Waals surface area contributed by atoms with Gasteiger partial charge in [-0.25, -0.2) is 14.8 Å². The fourth-order valence-electron chi connectivity index (χ4n) is 4.20. The molecule has 0 aliphatic carbocycles. The summed E-state index contributed by atoms with van der Waals surface area (Å²) in [6.07, 6.45) is 1.99. The van der Waals surface area contributed by atoms with Crippen LogP contribution in [0, 0.1) is 17.7 Å². The van der Waals surface area contributed by atoms with E-state index in [0.29, 0.717) is 45.1 Å². The van der Waals surface area contributed by atoms with Gasteiger partial charge in [0, 0.05) is 32.1 Å². The van der Waals surface area contributed by atoms with Crippen LogP contribution in [0.2, 0.25) is 0 Å². The van der Waals surface area contributed by atoms with Crippen LogP contribution in [0.4, 0.5) is 20.8 Å². The van der Waals surface area contributed by atoms with Gasteiger partial charge in [-0.3, -0.25) is 0 Å². The average Bonchev–Trinajstić information content (AvgIpc) is 2.73. The van der Waals surface area contributed by atoms with Gasteiger partial charge in [0.2, 0.25) is 5.82 Å². The van der Waals surface area contributed by atoms with Crippen LogP contribution in [0.3, 0.4) is 0 Å². The van der Waals surface area contributed by atoms with E-state index in [4.69, 9.17) is 9.84 Å². The summed E-state index contributed by atoms with van der Waals surface area (Å²) in [5.74, 6) is -0.0333. The van der Waals surface area contributed by atoms with Gasteiger partial charge in [-0.1, -0.05) is 0 Å². The number of ether oxygens (including phenoxy) is 1. The molecule has 0 aromatic carbocycles. The Morgan fingerprint density at radius 1 is 1.42 bits per heavy atom. The van der Waals surface area contributed by atoms with Crippen LogP contribution in [0.25, 0.3) is 0 Å². The molecular formula is C21H34FN5O4. The van der Waals surface area contributed by atoms with Crippen LogP contribution in [0.1, 0.15) is 40.0 Å². The Balaban J connectivity index is 1.60. The second kappa shape index (κ2) is 9.95. The van der Waals surface area contributed by atoms with E-state index in [1.54, 1.807) is 0 Å². The summed E-state index contributed by atoms with van der Waals surface area (Å²) >= 11 is 0. The quantitative estimate of drug-likeness (QED) is 0.594. The van der Waals surface area contributed by atoms with E-state index < -0.39 is 18.0 Å². The van der Waals surface area contributed by atoms with Crippen molar-refractivity contribution in [3.63, 3.8) is 0 Å². The highest BCUT2D eigenvalue weighted by molar-refractivity contribution is 5.65. The summed E-state index contributed by atoms with van der Waals surface area (Å²) in [5, 5.41) is 22.3. The molecule has 1 aromatic rings. The molecule has 0 bridgehead atoms. The smallest absolute Gasteiger partial charge is 0.407 e. The summed E-state index contributed by atoms with van der Waals surface area (Å²) in [7, 11) is 0. The molecule has 3 heterocycles. The van der Waals surface area contributed by atoms with Crippen LogP contribution in [-0.4, -0.2) is 82.2 Å². The lowest BCUT2D eigenvalue weighted by molar-refractivity contribution is -0.0747. The molecule has 3 rings (SSSR count). The molecular weight excluding hydrogens is 405 g/mol. The molecule has 2 aliphatic heterocycles. The van der Waals surface area contributed by atoms with Gasteiger partial charge in [0.1, 0.15) is 6.33 Å². The first-order valence-corrected chi connectivity index (χ1v) is 11.0. The number of aromatic nitrogens is 2. The fraction of sp³-hybridized carbons (Fsp3) is 0.762. The van der Waals surface area contributed by atoms with Gasteiger partial charge < -0.3 is 30.1 Å². The lowest BCUT2D eigenvalue weighted by Gasteiger charge is -2.37. The molecule has 2 saturated heterocycles. The van der Waals surface area contributed by atoms with E-state index in [9.17, 15) is 9.90 Å². The van der Waals surface area contributed by atoms with Crippen LogP contribution < -0.4 is 10.2 Å². The lowest BCUT2D eigenvalue weighted by Crippen LogP contribution is -2.47. The number of hydrogen-bond acceptors (Lipinski definition) is 7. The predicted molar refractivity (Wildman–Crippen MR) is 115 cm³/mol. The molecule has 0 radical (unpaired) electrons. The summed E-state index contributed by atoms with van der Waals surface area (Å²) in [6.45, 7) is 8.77. The average molecular weight is 440 g/mol. The molecule has 2 fully saturated rings. The normalized spacial score (nSPS) is 25.8. The molecule has 9 nitrogen and oxygen atoms in total. The minimum atomic E-state index is -1.04. The SMILES string of the molecule is CCN(C[C@@H]1CCC(C)(C)OC1)c1ncnc(NCC2CCN(C(=O)O)CC2O)c1F. The zero-order valence-electron chi connectivity index (χ0n) is 18.6. The maximum absolute atomic E-state index is 15.2. The highest BCUT2D eigenvalue weighted by atomic mass is 19.1. The fourth-order valence-corrected chi connectivity index (χ4v) is 4.20. The highest BCUT2D eigenvalue weighted by Crippen LogP contribution is 2.30. The van der Waals surface area contributed by atoms with Gasteiger partial charge in [0.05, 0.1) is 24.9 Å². The predicted octanol–water partition coefficient (Wildman–Crippen LogP) is 2.42. The van der Waals surface area contributed by atoms with Crippen LogP contribution >= 0.6 is 0 Å². The number of rotatable bonds is 7. The van der Waals surface area contributed by atoms with Crippen molar-refractivity contribution in [2.75, 3.05) is 49.5 Å². The first kappa shape index (κ1) is 23.5. The molecule has 1 amide bonds. The Kier molecular flexibility index (Phi) is 7.53. The second-order valence-electron chi connectivity index (χ2n) is 9.10. The number of aliphatic hydroxyl groups is 1. The Hall–Kier alpha value is -2.20. The monoisotopic (exact) mass is 439 g/mol. The zero-order valence-corrected chi connectivity index (χ0v) is 18.6. The molecule has 174 valence electrons. The van der Waals surface area contributed by atoms with Crippen LogP contribution in [0.15, 0.2) is 6.33 Å². The maximum Gasteiger partial charge on any atom is 0.407 e. The first-order valence-electron chi connectivity index (χ1n) is 11.0. The number of hydrogen-bond donors (Lipinski definition) is 3. The molecule has 31 heavy (non-hydrogen) atoms. The van der Waals surface area contributed by atoms with Crippen molar-refractivity contribution in [3.05, 3.63) is 12.1 Å². The van der Waals surface area contributed by atoms with E-state index in [-0.39, 0.29) is 29.7 Å². The minimum Gasteiger partial charge on any atom is -0.465 e. The van der Waals surface area contributed by atoms with Crippen LogP contribution in [-0.2, 0) is 4.74 Å². The summed E-state index contributed by atoms with van der Waals surface area (Å²) in [6, 6.07) is 0. The number of aliphatic hydroxyl groups excluding tert-OH is 1. The zero-order chi connectivity index (χ0) is 22.6. The van der Waals surface area contributed by atoms with Gasteiger partial charge in [-0.05, 0) is 46.0 Å². The summed E-state index contributed by atoms with van der Waals surface area (Å²) in [4.78, 5) is 22.4. The standard InChI is InChI=1S/C21H34FN5O4/c1-4-26(10-14-5-7-21(2,3)31-12-14)19-17(22)18(24-13-25-19)23-9-15-6-8-27(20(29)30)11-16(15)28/h13-16,28H,4-12H2,1-3H3,(H,29,30)(H,23,24,25)/t14-,15?,16?/m0/s1. The topological polar surface area (TPSA) is 111 Å². The molecule has 0 saturated carbocycles. The number of nitrogens with one attached hydrogen (secondary N) is 1. The number of anilines is 2. The largest absolute Gasteiger partial charge is 0.465 e. The molecule has 1 aromatic heterocycles. The molecule has 2 unspecified atom stereocenters. The first-order chi connectivity index (χ1) is 14.7. The molecule has 10 heteroatoms. The van der Waals surface area contributed by atoms with Crippen molar-refractivity contribution >= 4 is 17.7 Å². The third-order valence-corrected chi connectivity index (χ3v) is 6.32. The van der Waals surface area contributed by atoms with Crippen LogP contribution in [0.5, 0.6) is 0 Å². The van der Waals surface area contributed by atoms with Crippen molar-refractivity contribution in [2.24, 2.45) is 11.8 Å². The van der Waals surface area contributed by atoms with Gasteiger partial charge in [0.15, 0.2) is 11.6 Å². The Morgan fingerprint density at radius 2 is 2.19 bits per heavy atom. The highest BCUT2D eigenvalue weighted by Gasteiger charge is 2.31. The number of β-amino-alcohol motifs (C(OH)–C–C–N with tert-alkyl or cyclic N) is 1. The minimum absolute atomic E-state index is 0.0586. The number of likely N-dealkylation sites (tertiary alicyclic amines) is 1. The van der Waals surface area contributed by atoms with Crippen molar-refractivity contribution in [1.29, 1.82) is 0 Å². The number of halogens is 1. The Bertz CT molecular complexity index is 755. The van der Waals surface area contributed by atoms with Crippen molar-refractivity contribution in [1.82, 2.24) is 14.9 Å². The summed E-state index contributed by atoms with van der Waals surface area (Å²) < 4.78 is 21.1. The number of amides is 1. The number of carbonyl (C=O) groups is 1. The van der Waals surface area contributed by atoms with E-state index in [1.807, 2.05) is 11.8 Å². The molecule has 3 atom stereocenters. The Labute approximate surface area is 182 Å². The lowest BCUT2D eigenvalue weighted by atomic mass is 9.91. The van der Waals surface area contributed by atoms with Gasteiger partial charge in [-0.15, -0.1) is 0 Å². The van der Waals surface area contributed by atoms with Gasteiger partial charge >= 0.3 is 6.09 Å². The van der Waals surface area contributed by atoms with Crippen molar-refractivity contribution in [3.8, 4) is 0 Å². The number of carboxylic acid groups (broad SMARTS) is 1. The molecule has 2 aliphatic rings. The third kappa shape index (κ3) is 5.94. The molecule has 0 spiro atoms. The number of piperidine rings is 1. The van der Waals surface area contributed by atoms with E-state index in [0.717, 1.165) is 12.8 Å². The maximum atomic E-state index is 15.2. The van der Waals surface area contributed by atoms with Gasteiger partial charge in [0.25, 0.3) is 0 Å². The van der Waals surface area contributed by atoms with E-state index in [1.165, 1.54) is 11.2 Å². The Morgan fingerprint density at radius 3 is 2.81 bits per heavy atom.